The number of hydrogen-bond donors (Lipinski definition) is 6. The smallest absolute Gasteiger partial charge is 0.220 e. The van der Waals surface area contributed by atoms with E-state index in [4.69, 9.17) is 9.47 Å². The number of aliphatic hydroxyl groups is 5. The molecule has 1 aliphatic rings. The first kappa shape index (κ1) is 62.4. The molecular weight excluding hydrogens is 827 g/mol. The number of rotatable bonds is 48. The van der Waals surface area contributed by atoms with Crippen molar-refractivity contribution in [3.63, 3.8) is 0 Å². The van der Waals surface area contributed by atoms with Crippen LogP contribution < -0.4 is 5.32 Å². The third-order valence-electron chi connectivity index (χ3n) is 13.5. The fraction of sp³-hybridized carbons (Fsp3) is 0.877. The number of unbranched alkanes of at least 4 members (excludes halogenated alkanes) is 34. The summed E-state index contributed by atoms with van der Waals surface area (Å²) in [6.07, 6.45) is 53.4. The van der Waals surface area contributed by atoms with E-state index in [2.05, 4.69) is 43.5 Å². The zero-order chi connectivity index (χ0) is 48.0. The van der Waals surface area contributed by atoms with Gasteiger partial charge in [-0.2, -0.15) is 0 Å². The topological polar surface area (TPSA) is 149 Å². The fourth-order valence-corrected chi connectivity index (χ4v) is 8.95. The van der Waals surface area contributed by atoms with E-state index >= 15 is 0 Å². The van der Waals surface area contributed by atoms with Gasteiger partial charge in [0.25, 0.3) is 0 Å². The lowest BCUT2D eigenvalue weighted by Crippen LogP contribution is -2.60. The summed E-state index contributed by atoms with van der Waals surface area (Å²) in [5.41, 5.74) is 0. The second-order valence-electron chi connectivity index (χ2n) is 19.7. The monoisotopic (exact) mass is 934 g/mol. The van der Waals surface area contributed by atoms with Gasteiger partial charge in [-0.05, 0) is 51.4 Å². The largest absolute Gasteiger partial charge is 0.394 e. The average Bonchev–Trinajstić information content (AvgIpc) is 3.32. The normalized spacial score (nSPS) is 20.0. The Hall–Kier alpha value is -1.59. The third kappa shape index (κ3) is 36.4. The highest BCUT2D eigenvalue weighted by molar-refractivity contribution is 5.76. The second-order valence-corrected chi connectivity index (χ2v) is 19.7. The Morgan fingerprint density at radius 2 is 0.894 bits per heavy atom. The predicted molar refractivity (Wildman–Crippen MR) is 276 cm³/mol. The van der Waals surface area contributed by atoms with Gasteiger partial charge in [0, 0.05) is 6.42 Å². The fourth-order valence-electron chi connectivity index (χ4n) is 8.95. The standard InChI is InChI=1S/C57H107NO8/c1-3-5-7-9-11-13-15-17-19-21-23-24-25-26-27-29-30-32-34-36-38-40-42-44-46-51(60)50(49-65-57-56(64)55(63)54(62)52(48-59)66-57)58-53(61)47-45-43-41-39-37-35-33-31-28-22-20-18-16-14-12-10-8-6-4-2/h12,14,18,20,44,46,50-52,54-57,59-60,62-64H,3-11,13,15-17,19,21-43,45,47-49H2,1-2H3,(H,58,61)/b14-12-,20-18-,46-44+. The first-order valence-electron chi connectivity index (χ1n) is 28.2. The maximum atomic E-state index is 13.0. The number of allylic oxidation sites excluding steroid dienone is 5. The summed E-state index contributed by atoms with van der Waals surface area (Å²) >= 11 is 0. The third-order valence-corrected chi connectivity index (χ3v) is 13.5. The molecule has 1 heterocycles. The molecule has 1 aliphatic heterocycles. The zero-order valence-electron chi connectivity index (χ0n) is 43.0. The van der Waals surface area contributed by atoms with Gasteiger partial charge in [0.05, 0.1) is 25.4 Å². The number of amides is 1. The molecule has 66 heavy (non-hydrogen) atoms. The Morgan fingerprint density at radius 3 is 1.33 bits per heavy atom. The maximum absolute atomic E-state index is 13.0. The number of hydrogen-bond acceptors (Lipinski definition) is 8. The molecule has 1 saturated heterocycles. The summed E-state index contributed by atoms with van der Waals surface area (Å²) < 4.78 is 11.3. The first-order valence-corrected chi connectivity index (χ1v) is 28.2. The van der Waals surface area contributed by atoms with E-state index in [0.717, 1.165) is 44.9 Å². The number of nitrogens with one attached hydrogen (secondary N) is 1. The molecular formula is C57H107NO8. The van der Waals surface area contributed by atoms with Crippen LogP contribution in [0.3, 0.4) is 0 Å². The number of ether oxygens (including phenoxy) is 2. The molecule has 0 bridgehead atoms. The van der Waals surface area contributed by atoms with Crippen LogP contribution in [0.4, 0.5) is 0 Å². The molecule has 1 fully saturated rings. The lowest BCUT2D eigenvalue weighted by molar-refractivity contribution is -0.302. The van der Waals surface area contributed by atoms with E-state index in [-0.39, 0.29) is 12.5 Å². The zero-order valence-corrected chi connectivity index (χ0v) is 43.0. The van der Waals surface area contributed by atoms with Gasteiger partial charge in [-0.25, -0.2) is 0 Å². The van der Waals surface area contributed by atoms with Gasteiger partial charge in [-0.15, -0.1) is 0 Å². The Kier molecular flexibility index (Phi) is 44.6. The summed E-state index contributed by atoms with van der Waals surface area (Å²) in [5.74, 6) is -0.179. The van der Waals surface area contributed by atoms with Crippen molar-refractivity contribution in [2.24, 2.45) is 0 Å². The van der Waals surface area contributed by atoms with Crippen LogP contribution >= 0.6 is 0 Å². The molecule has 0 aromatic rings. The maximum Gasteiger partial charge on any atom is 0.220 e. The first-order chi connectivity index (χ1) is 32.3. The van der Waals surface area contributed by atoms with E-state index in [1.165, 1.54) is 199 Å². The minimum atomic E-state index is -1.57. The minimum Gasteiger partial charge on any atom is -0.394 e. The molecule has 9 heteroatoms. The molecule has 9 nitrogen and oxygen atoms in total. The van der Waals surface area contributed by atoms with E-state index < -0.39 is 49.5 Å². The molecule has 0 aliphatic carbocycles. The highest BCUT2D eigenvalue weighted by Gasteiger charge is 2.44. The number of carbonyl (C=O) groups is 1. The van der Waals surface area contributed by atoms with Gasteiger partial charge in [-0.1, -0.05) is 243 Å². The molecule has 7 atom stereocenters. The van der Waals surface area contributed by atoms with Gasteiger partial charge in [-0.3, -0.25) is 4.79 Å². The van der Waals surface area contributed by atoms with Gasteiger partial charge in [0.1, 0.15) is 24.4 Å². The van der Waals surface area contributed by atoms with Crippen molar-refractivity contribution in [2.75, 3.05) is 13.2 Å². The molecule has 0 saturated carbocycles. The van der Waals surface area contributed by atoms with Crippen LogP contribution in [-0.4, -0.2) is 87.5 Å². The van der Waals surface area contributed by atoms with Crippen molar-refractivity contribution >= 4 is 5.91 Å². The molecule has 6 N–H and O–H groups in total. The molecule has 0 radical (unpaired) electrons. The summed E-state index contributed by atoms with van der Waals surface area (Å²) in [7, 11) is 0. The SMILES string of the molecule is CCCCC/C=C\C/C=C\CCCCCCCCCCCC(=O)NC(COC1OC(CO)C(O)C(O)C1O)C(O)/C=C/CCCCCCCCCCCCCCCCCCCCCCCC. The molecule has 1 amide bonds. The number of aliphatic hydroxyl groups excluding tert-OH is 5. The molecule has 7 unspecified atom stereocenters. The van der Waals surface area contributed by atoms with Crippen molar-refractivity contribution in [3.05, 3.63) is 36.5 Å². The predicted octanol–water partition coefficient (Wildman–Crippen LogP) is 13.6. The molecule has 1 rings (SSSR count). The van der Waals surface area contributed by atoms with Crippen LogP contribution in [-0.2, 0) is 14.3 Å². The quantitative estimate of drug-likeness (QED) is 0.0261. The van der Waals surface area contributed by atoms with Crippen molar-refractivity contribution in [3.8, 4) is 0 Å². The Bertz CT molecular complexity index is 1130. The average molecular weight is 934 g/mol. The molecule has 0 aromatic carbocycles. The molecule has 0 aromatic heterocycles. The van der Waals surface area contributed by atoms with E-state index in [1.807, 2.05) is 6.08 Å². The van der Waals surface area contributed by atoms with Crippen LogP contribution in [0.5, 0.6) is 0 Å². The van der Waals surface area contributed by atoms with Crippen LogP contribution in [0.2, 0.25) is 0 Å². The van der Waals surface area contributed by atoms with Crippen LogP contribution in [0.25, 0.3) is 0 Å². The molecule has 388 valence electrons. The minimum absolute atomic E-state index is 0.179. The van der Waals surface area contributed by atoms with Crippen molar-refractivity contribution in [1.82, 2.24) is 5.32 Å². The molecule has 0 spiro atoms. The van der Waals surface area contributed by atoms with Gasteiger partial charge in [0.2, 0.25) is 5.91 Å². The van der Waals surface area contributed by atoms with Crippen LogP contribution in [0.1, 0.15) is 264 Å². The highest BCUT2D eigenvalue weighted by atomic mass is 16.7. The van der Waals surface area contributed by atoms with Gasteiger partial charge in [0.15, 0.2) is 6.29 Å². The Morgan fingerprint density at radius 1 is 0.515 bits per heavy atom. The summed E-state index contributed by atoms with van der Waals surface area (Å²) in [6.45, 7) is 3.78. The summed E-state index contributed by atoms with van der Waals surface area (Å²) in [4.78, 5) is 13.0. The highest BCUT2D eigenvalue weighted by Crippen LogP contribution is 2.23. The van der Waals surface area contributed by atoms with Crippen LogP contribution in [0, 0.1) is 0 Å². The second kappa shape index (κ2) is 47.1. The Labute approximate surface area is 406 Å². The van der Waals surface area contributed by atoms with Crippen molar-refractivity contribution < 1.29 is 39.8 Å². The van der Waals surface area contributed by atoms with Crippen LogP contribution in [0.15, 0.2) is 36.5 Å². The summed E-state index contributed by atoms with van der Waals surface area (Å²) in [6, 6.07) is -0.807. The Balaban J connectivity index is 2.24. The lowest BCUT2D eigenvalue weighted by atomic mass is 9.99. The van der Waals surface area contributed by atoms with Crippen molar-refractivity contribution in [2.45, 2.75) is 307 Å². The van der Waals surface area contributed by atoms with Crippen molar-refractivity contribution in [1.29, 1.82) is 0 Å². The van der Waals surface area contributed by atoms with E-state index in [1.54, 1.807) is 6.08 Å². The van der Waals surface area contributed by atoms with E-state index in [0.29, 0.717) is 6.42 Å². The van der Waals surface area contributed by atoms with Gasteiger partial charge < -0.3 is 40.3 Å². The van der Waals surface area contributed by atoms with Gasteiger partial charge >= 0.3 is 0 Å². The number of carbonyl (C=O) groups excluding carboxylic acids is 1. The van der Waals surface area contributed by atoms with E-state index in [9.17, 15) is 30.3 Å². The lowest BCUT2D eigenvalue weighted by Gasteiger charge is -2.40. The summed E-state index contributed by atoms with van der Waals surface area (Å²) in [5, 5.41) is 54.5.